The van der Waals surface area contributed by atoms with Crippen molar-refractivity contribution >= 4 is 11.6 Å². The first-order valence-electron chi connectivity index (χ1n) is 7.98. The van der Waals surface area contributed by atoms with Crippen molar-refractivity contribution < 1.29 is 0 Å². The van der Waals surface area contributed by atoms with Crippen molar-refractivity contribution in [3.05, 3.63) is 31.6 Å². The number of halogens is 1. The van der Waals surface area contributed by atoms with Gasteiger partial charge in [0.25, 0.3) is 5.56 Å². The number of nitrogens with one attached hydrogen (secondary N) is 1. The second-order valence-corrected chi connectivity index (χ2v) is 6.40. The van der Waals surface area contributed by atoms with Crippen LogP contribution in [0.25, 0.3) is 0 Å². The van der Waals surface area contributed by atoms with Crippen LogP contribution in [0.4, 0.5) is 0 Å². The third-order valence-corrected chi connectivity index (χ3v) is 3.97. The highest BCUT2D eigenvalue weighted by Gasteiger charge is 2.11. The molecule has 0 amide bonds. The Balaban J connectivity index is 2.61. The van der Waals surface area contributed by atoms with Crippen LogP contribution < -0.4 is 11.2 Å². The molecule has 0 aromatic carbocycles. The van der Waals surface area contributed by atoms with Crippen LogP contribution in [0.15, 0.2) is 9.59 Å². The van der Waals surface area contributed by atoms with Gasteiger partial charge in [0.05, 0.1) is 5.56 Å². The van der Waals surface area contributed by atoms with Crippen LogP contribution in [-0.2, 0) is 13.0 Å². The summed E-state index contributed by atoms with van der Waals surface area (Å²) in [5.41, 5.74) is -0.0987. The van der Waals surface area contributed by atoms with Gasteiger partial charge in [-0.05, 0) is 18.8 Å². The number of unbranched alkanes of at least 4 members (excludes halogenated alkanes) is 3. The second-order valence-electron chi connectivity index (χ2n) is 6.03. The minimum absolute atomic E-state index is 0.194. The van der Waals surface area contributed by atoms with E-state index in [1.165, 1.54) is 17.4 Å². The van der Waals surface area contributed by atoms with Crippen LogP contribution >= 0.6 is 11.6 Å². The molecule has 0 unspecified atom stereocenters. The number of hydrogen-bond acceptors (Lipinski definition) is 2. The van der Waals surface area contributed by atoms with Gasteiger partial charge in [-0.25, -0.2) is 4.79 Å². The topological polar surface area (TPSA) is 54.9 Å². The van der Waals surface area contributed by atoms with Crippen LogP contribution in [0.5, 0.6) is 0 Å². The first kappa shape index (κ1) is 18.0. The summed E-state index contributed by atoms with van der Waals surface area (Å²) >= 11 is 5.95. The van der Waals surface area contributed by atoms with Crippen molar-refractivity contribution in [3.8, 4) is 0 Å². The lowest BCUT2D eigenvalue weighted by Crippen LogP contribution is -2.37. The van der Waals surface area contributed by atoms with Gasteiger partial charge < -0.3 is 0 Å². The molecule has 0 aliphatic rings. The van der Waals surface area contributed by atoms with Crippen molar-refractivity contribution in [2.45, 2.75) is 72.3 Å². The molecular weight excluding hydrogens is 288 g/mol. The van der Waals surface area contributed by atoms with Crippen molar-refractivity contribution in [2.24, 2.45) is 5.92 Å². The number of nitrogens with zero attached hydrogens (tertiary/aromatic N) is 1. The molecule has 0 aliphatic carbocycles. The van der Waals surface area contributed by atoms with E-state index in [-0.39, 0.29) is 10.7 Å². The van der Waals surface area contributed by atoms with Gasteiger partial charge in [0, 0.05) is 6.54 Å². The molecule has 0 radical (unpaired) electrons. The molecule has 5 heteroatoms. The highest BCUT2D eigenvalue weighted by atomic mass is 35.5. The summed E-state index contributed by atoms with van der Waals surface area (Å²) in [5.74, 6) is 0.739. The third kappa shape index (κ3) is 5.70. The first-order chi connectivity index (χ1) is 9.97. The van der Waals surface area contributed by atoms with Gasteiger partial charge in [0.2, 0.25) is 0 Å². The Kier molecular flexibility index (Phi) is 7.79. The van der Waals surface area contributed by atoms with E-state index >= 15 is 0 Å². The van der Waals surface area contributed by atoms with Crippen molar-refractivity contribution in [3.63, 3.8) is 0 Å². The van der Waals surface area contributed by atoms with Crippen LogP contribution in [0, 0.1) is 5.92 Å². The zero-order valence-electron chi connectivity index (χ0n) is 13.4. The Bertz CT molecular complexity index is 546. The lowest BCUT2D eigenvalue weighted by atomic mass is 10.0. The van der Waals surface area contributed by atoms with Gasteiger partial charge in [-0.3, -0.25) is 14.3 Å². The number of hydrogen-bond donors (Lipinski definition) is 1. The van der Waals surface area contributed by atoms with Gasteiger partial charge in [-0.15, -0.1) is 0 Å². The average molecular weight is 315 g/mol. The molecule has 1 rings (SSSR count). The molecule has 0 saturated carbocycles. The fourth-order valence-corrected chi connectivity index (χ4v) is 2.69. The van der Waals surface area contributed by atoms with Gasteiger partial charge >= 0.3 is 5.69 Å². The Morgan fingerprint density at radius 3 is 2.43 bits per heavy atom. The average Bonchev–Trinajstić information content (AvgIpc) is 2.41. The zero-order valence-corrected chi connectivity index (χ0v) is 14.1. The van der Waals surface area contributed by atoms with Crippen molar-refractivity contribution in [2.75, 3.05) is 0 Å². The maximum atomic E-state index is 12.3. The summed E-state index contributed by atoms with van der Waals surface area (Å²) < 4.78 is 1.29. The number of aromatic amines is 1. The lowest BCUT2D eigenvalue weighted by Gasteiger charge is -2.09. The van der Waals surface area contributed by atoms with E-state index in [0.717, 1.165) is 31.6 Å². The highest BCUT2D eigenvalue weighted by Crippen LogP contribution is 2.10. The quantitative estimate of drug-likeness (QED) is 0.557. The van der Waals surface area contributed by atoms with Gasteiger partial charge in [0.15, 0.2) is 0 Å². The standard InChI is InChI=1S/C16H27ClN2O2/c1-4-9-13-14(17)18-16(21)19(15(13)20)11-8-6-5-7-10-12(2)3/h12H,4-11H2,1-3H3,(H,18,21). The summed E-state index contributed by atoms with van der Waals surface area (Å²) in [6.07, 6.45) is 6.94. The summed E-state index contributed by atoms with van der Waals surface area (Å²) in [5, 5.41) is 0.194. The Morgan fingerprint density at radius 2 is 1.81 bits per heavy atom. The molecule has 0 aliphatic heterocycles. The monoisotopic (exact) mass is 314 g/mol. The van der Waals surface area contributed by atoms with Crippen LogP contribution in [-0.4, -0.2) is 9.55 Å². The van der Waals surface area contributed by atoms with Crippen molar-refractivity contribution in [1.29, 1.82) is 0 Å². The maximum absolute atomic E-state index is 12.3. The van der Waals surface area contributed by atoms with Crippen molar-refractivity contribution in [1.82, 2.24) is 9.55 Å². The molecule has 120 valence electrons. The van der Waals surface area contributed by atoms with E-state index in [4.69, 9.17) is 11.6 Å². The first-order valence-corrected chi connectivity index (χ1v) is 8.36. The van der Waals surface area contributed by atoms with E-state index in [9.17, 15) is 9.59 Å². The lowest BCUT2D eigenvalue weighted by molar-refractivity contribution is 0.496. The molecule has 0 atom stereocenters. The predicted molar refractivity (Wildman–Crippen MR) is 88.3 cm³/mol. The SMILES string of the molecule is CCCc1c(Cl)[nH]c(=O)n(CCCCCCC(C)C)c1=O. The van der Waals surface area contributed by atoms with E-state index < -0.39 is 5.69 Å². The molecule has 0 bridgehead atoms. The number of H-pyrrole nitrogens is 1. The van der Waals surface area contributed by atoms with Crippen LogP contribution in [0.1, 0.15) is 64.9 Å². The summed E-state index contributed by atoms with van der Waals surface area (Å²) in [4.78, 5) is 26.7. The molecule has 0 spiro atoms. The van der Waals surface area contributed by atoms with Gasteiger partial charge in [-0.2, -0.15) is 0 Å². The largest absolute Gasteiger partial charge is 0.329 e. The number of rotatable bonds is 9. The summed E-state index contributed by atoms with van der Waals surface area (Å²) in [6.45, 7) is 6.91. The highest BCUT2D eigenvalue weighted by molar-refractivity contribution is 6.30. The third-order valence-electron chi connectivity index (χ3n) is 3.64. The van der Waals surface area contributed by atoms with Crippen LogP contribution in [0.3, 0.4) is 0 Å². The van der Waals surface area contributed by atoms with E-state index in [2.05, 4.69) is 18.8 Å². The minimum atomic E-state index is -0.396. The van der Waals surface area contributed by atoms with E-state index in [1.807, 2.05) is 6.92 Å². The summed E-state index contributed by atoms with van der Waals surface area (Å²) in [6, 6.07) is 0. The van der Waals surface area contributed by atoms with E-state index in [0.29, 0.717) is 18.5 Å². The van der Waals surface area contributed by atoms with Crippen LogP contribution in [0.2, 0.25) is 5.15 Å². The molecule has 0 saturated heterocycles. The Labute approximate surface area is 131 Å². The predicted octanol–water partition coefficient (Wildman–Crippen LogP) is 3.75. The maximum Gasteiger partial charge on any atom is 0.329 e. The molecule has 1 aromatic rings. The molecule has 4 nitrogen and oxygen atoms in total. The molecule has 1 N–H and O–H groups in total. The summed E-state index contributed by atoms with van der Waals surface area (Å²) in [7, 11) is 0. The molecule has 1 aromatic heterocycles. The fraction of sp³-hybridized carbons (Fsp3) is 0.750. The normalized spacial score (nSPS) is 11.3. The smallest absolute Gasteiger partial charge is 0.297 e. The molecule has 0 fully saturated rings. The van der Waals surface area contributed by atoms with Gasteiger partial charge in [-0.1, -0.05) is 64.5 Å². The molecule has 1 heterocycles. The van der Waals surface area contributed by atoms with Gasteiger partial charge in [0.1, 0.15) is 5.15 Å². The molecule has 21 heavy (non-hydrogen) atoms. The Morgan fingerprint density at radius 1 is 1.14 bits per heavy atom. The molecular formula is C16H27ClN2O2. The Hall–Kier alpha value is -1.03. The van der Waals surface area contributed by atoms with E-state index in [1.54, 1.807) is 0 Å². The number of aromatic nitrogens is 2. The zero-order chi connectivity index (χ0) is 15.8. The second kappa shape index (κ2) is 9.08. The fourth-order valence-electron chi connectivity index (χ4n) is 2.43. The minimum Gasteiger partial charge on any atom is -0.297 e.